The molecule has 6 heterocycles. The predicted octanol–water partition coefficient (Wildman–Crippen LogP) is 8.41. The number of amides is 1. The van der Waals surface area contributed by atoms with Crippen molar-refractivity contribution in [2.24, 2.45) is 0 Å². The van der Waals surface area contributed by atoms with E-state index in [1.807, 2.05) is 80.1 Å². The molecule has 0 spiro atoms. The van der Waals surface area contributed by atoms with Crippen LogP contribution in [0.4, 0.5) is 21.5 Å². The number of halogens is 1. The van der Waals surface area contributed by atoms with Gasteiger partial charge < -0.3 is 33.9 Å². The largest absolute Gasteiger partial charge is 0.438 e. The van der Waals surface area contributed by atoms with E-state index in [1.54, 1.807) is 13.8 Å². The van der Waals surface area contributed by atoms with Gasteiger partial charge in [-0.25, -0.2) is 9.18 Å². The highest BCUT2D eigenvalue weighted by atomic mass is 31.2. The Labute approximate surface area is 371 Å². The lowest BCUT2D eigenvalue weighted by Crippen LogP contribution is -2.43. The Kier molecular flexibility index (Phi) is 10.5. The smallest absolute Gasteiger partial charge is 0.387 e. The second-order valence-electron chi connectivity index (χ2n) is 17.8. The fraction of sp³-hybridized carbons (Fsp3) is 0.417. The molecule has 1 unspecified atom stereocenters. The van der Waals surface area contributed by atoms with Crippen LogP contribution in [0.1, 0.15) is 97.1 Å². The molecule has 334 valence electrons. The van der Waals surface area contributed by atoms with Gasteiger partial charge in [0.05, 0.1) is 30.6 Å². The molecule has 0 radical (unpaired) electrons. The number of nitrogens with zero attached hydrogens (tertiary/aromatic N) is 7. The molecule has 3 aliphatic heterocycles. The average molecular weight is 888 g/mol. The first-order chi connectivity index (χ1) is 30.9. The number of nitrogens with one attached hydrogen (secondary N) is 2. The lowest BCUT2D eigenvalue weighted by molar-refractivity contribution is 0.0624. The number of H-pyrrole nitrogens is 1. The first kappa shape index (κ1) is 42.1. The van der Waals surface area contributed by atoms with Gasteiger partial charge in [0.25, 0.3) is 5.91 Å². The zero-order valence-corrected chi connectivity index (χ0v) is 38.2. The molecule has 6 aromatic rings. The van der Waals surface area contributed by atoms with Crippen LogP contribution in [-0.2, 0) is 21.4 Å². The second kappa shape index (κ2) is 16.0. The Hall–Kier alpha value is -5.92. The Morgan fingerprint density at radius 2 is 1.72 bits per heavy atom. The second-order valence-corrected chi connectivity index (χ2v) is 21.3. The molecule has 14 nitrogen and oxygen atoms in total. The summed E-state index contributed by atoms with van der Waals surface area (Å²) in [4.78, 5) is 36.8. The van der Waals surface area contributed by atoms with Crippen LogP contribution in [0.25, 0.3) is 22.2 Å². The van der Waals surface area contributed by atoms with Gasteiger partial charge in [-0.1, -0.05) is 25.1 Å². The fourth-order valence-electron chi connectivity index (χ4n) is 10.4. The van der Waals surface area contributed by atoms with E-state index in [2.05, 4.69) is 54.1 Å². The molecular formula is C48H55FN9O5P. The van der Waals surface area contributed by atoms with Crippen molar-refractivity contribution >= 4 is 46.3 Å². The number of aryl methyl sites for hydroxylation is 2. The van der Waals surface area contributed by atoms with Crippen molar-refractivity contribution in [3.05, 3.63) is 117 Å². The normalized spacial score (nSPS) is 18.6. The molecule has 16 heteroatoms. The van der Waals surface area contributed by atoms with E-state index >= 15 is 9.18 Å². The highest BCUT2D eigenvalue weighted by Crippen LogP contribution is 2.52. The number of aromatic nitrogens is 5. The molecule has 1 atom stereocenters. The Bertz CT molecular complexity index is 2920. The number of aromatic amines is 1. The number of hydrogen-bond acceptors (Lipinski definition) is 10. The number of benzene rings is 3. The SMILES string of the molecule is CCP(=O)(CC)c1ccc(N2C=CN(c3c(-c4cc(C)c(F)c(C)c4)nn4c3C(C)N(C(=O)c3cc5cc(C6CCOCC6)ccc5n3C3(c5noc(=O)[nH]5)CC3)CC4)C2)cc1NC. The third-order valence-electron chi connectivity index (χ3n) is 14.2. The quantitative estimate of drug-likeness (QED) is 0.122. The summed E-state index contributed by atoms with van der Waals surface area (Å²) < 4.78 is 43.8. The van der Waals surface area contributed by atoms with Crippen molar-refractivity contribution < 1.29 is 23.0 Å². The average Bonchev–Trinajstić information content (AvgIpc) is 3.70. The molecule has 3 aromatic heterocycles. The van der Waals surface area contributed by atoms with Crippen LogP contribution in [0.15, 0.2) is 76.3 Å². The van der Waals surface area contributed by atoms with Crippen molar-refractivity contribution in [2.75, 3.05) is 60.9 Å². The molecule has 64 heavy (non-hydrogen) atoms. The number of rotatable bonds is 11. The van der Waals surface area contributed by atoms with Gasteiger partial charge in [0.15, 0.2) is 5.82 Å². The number of fused-ring (bicyclic) bond motifs is 2. The van der Waals surface area contributed by atoms with Gasteiger partial charge in [-0.15, -0.1) is 0 Å². The number of anilines is 3. The summed E-state index contributed by atoms with van der Waals surface area (Å²) >= 11 is 0. The van der Waals surface area contributed by atoms with E-state index in [1.165, 1.54) is 5.56 Å². The van der Waals surface area contributed by atoms with Gasteiger partial charge in [-0.05, 0) is 118 Å². The van der Waals surface area contributed by atoms with Crippen LogP contribution >= 0.6 is 7.14 Å². The third kappa shape index (κ3) is 6.81. The number of carbonyl (C=O) groups excluding carboxylic acids is 1. The molecule has 1 saturated carbocycles. The predicted molar refractivity (Wildman–Crippen MR) is 248 cm³/mol. The van der Waals surface area contributed by atoms with Gasteiger partial charge >= 0.3 is 5.76 Å². The van der Waals surface area contributed by atoms with Crippen LogP contribution in [0.2, 0.25) is 0 Å². The summed E-state index contributed by atoms with van der Waals surface area (Å²) in [5.74, 6) is -0.243. The van der Waals surface area contributed by atoms with E-state index in [0.29, 0.717) is 79.2 Å². The monoisotopic (exact) mass is 887 g/mol. The molecular weight excluding hydrogens is 833 g/mol. The third-order valence-corrected chi connectivity index (χ3v) is 17.5. The molecule has 3 aromatic carbocycles. The van der Waals surface area contributed by atoms with Crippen molar-refractivity contribution in [1.82, 2.24) is 29.4 Å². The first-order valence-corrected chi connectivity index (χ1v) is 24.6. The minimum atomic E-state index is -2.55. The molecule has 2 N–H and O–H groups in total. The van der Waals surface area contributed by atoms with Crippen LogP contribution in [0.3, 0.4) is 0 Å². The summed E-state index contributed by atoms with van der Waals surface area (Å²) in [6.07, 6.45) is 8.47. The van der Waals surface area contributed by atoms with Crippen molar-refractivity contribution in [2.45, 2.75) is 84.3 Å². The molecule has 1 saturated heterocycles. The van der Waals surface area contributed by atoms with Crippen molar-refractivity contribution in [3.8, 4) is 11.3 Å². The minimum Gasteiger partial charge on any atom is -0.387 e. The van der Waals surface area contributed by atoms with E-state index in [-0.39, 0.29) is 11.7 Å². The van der Waals surface area contributed by atoms with E-state index in [0.717, 1.165) is 70.6 Å². The zero-order valence-electron chi connectivity index (χ0n) is 37.3. The van der Waals surface area contributed by atoms with Crippen LogP contribution < -0.4 is 26.2 Å². The highest BCUT2D eigenvalue weighted by molar-refractivity contribution is 7.71. The van der Waals surface area contributed by atoms with Crippen LogP contribution in [0.5, 0.6) is 0 Å². The number of carbonyl (C=O) groups is 1. The van der Waals surface area contributed by atoms with E-state index in [9.17, 15) is 9.36 Å². The maximum Gasteiger partial charge on any atom is 0.438 e. The van der Waals surface area contributed by atoms with Crippen molar-refractivity contribution in [1.29, 1.82) is 0 Å². The van der Waals surface area contributed by atoms with Crippen LogP contribution in [0, 0.1) is 19.7 Å². The Balaban J connectivity index is 1.05. The maximum atomic E-state index is 15.4. The molecule has 0 bridgehead atoms. The van der Waals surface area contributed by atoms with Gasteiger partial charge in [0.2, 0.25) is 0 Å². The molecule has 10 rings (SSSR count). The summed E-state index contributed by atoms with van der Waals surface area (Å²) in [6, 6.07) is 17.8. The minimum absolute atomic E-state index is 0.142. The molecule has 4 aliphatic rings. The van der Waals surface area contributed by atoms with Gasteiger partial charge in [-0.2, -0.15) is 5.10 Å². The summed E-state index contributed by atoms with van der Waals surface area (Å²) in [5.41, 5.74) is 7.92. The van der Waals surface area contributed by atoms with E-state index < -0.39 is 24.5 Å². The van der Waals surface area contributed by atoms with Gasteiger partial charge in [-0.3, -0.25) is 19.0 Å². The standard InChI is InChI=1S/C48H55FN9O5P/c1-7-64(61,8-2)40-12-10-36(27-37(40)50-6)54-17-18-55(28-54)44-42(35-23-29(3)41(49)30(4)24-35)52-57-20-19-56(31(5)43(44)57)45(59)39-26-34-25-33(32-13-21-62-22-14-32)9-11-38(34)58(39)48(15-16-48)46-51-47(60)63-53-46/h9-12,17-18,23-27,31-32,50H,7-8,13-16,19-22,28H2,1-6H3,(H,51,53,60). The molecule has 1 aliphatic carbocycles. The first-order valence-electron chi connectivity index (χ1n) is 22.5. The molecule has 1 amide bonds. The summed E-state index contributed by atoms with van der Waals surface area (Å²) in [6.45, 7) is 12.3. The fourth-order valence-corrected chi connectivity index (χ4v) is 12.5. The van der Waals surface area contributed by atoms with Gasteiger partial charge in [0, 0.05) is 84.7 Å². The lowest BCUT2D eigenvalue weighted by atomic mass is 9.91. The summed E-state index contributed by atoms with van der Waals surface area (Å²) in [5, 5.41) is 14.5. The zero-order chi connectivity index (χ0) is 44.7. The Morgan fingerprint density at radius 1 is 0.984 bits per heavy atom. The number of ether oxygens (including phenoxy) is 1. The van der Waals surface area contributed by atoms with Crippen molar-refractivity contribution in [3.63, 3.8) is 0 Å². The summed E-state index contributed by atoms with van der Waals surface area (Å²) in [7, 11) is -0.686. The number of hydrogen-bond donors (Lipinski definition) is 2. The lowest BCUT2D eigenvalue weighted by Gasteiger charge is -2.36. The van der Waals surface area contributed by atoms with E-state index in [4.69, 9.17) is 14.4 Å². The maximum absolute atomic E-state index is 15.4. The van der Waals surface area contributed by atoms with Gasteiger partial charge in [0.1, 0.15) is 29.9 Å². The Morgan fingerprint density at radius 3 is 2.39 bits per heavy atom. The topological polar surface area (TPSA) is 147 Å². The van der Waals surface area contributed by atoms with Crippen LogP contribution in [-0.4, -0.2) is 81.1 Å². The molecule has 2 fully saturated rings. The highest BCUT2D eigenvalue weighted by Gasteiger charge is 2.52.